The van der Waals surface area contributed by atoms with Crippen molar-refractivity contribution in [2.24, 2.45) is 23.7 Å². The normalized spacial score (nSPS) is 29.0. The number of nitrogens with one attached hydrogen (secondary N) is 1. The molecule has 2 saturated carbocycles. The van der Waals surface area contributed by atoms with Crippen molar-refractivity contribution in [2.75, 3.05) is 5.32 Å². The van der Waals surface area contributed by atoms with E-state index < -0.39 is 0 Å². The molecule has 0 spiro atoms. The summed E-state index contributed by atoms with van der Waals surface area (Å²) in [4.78, 5) is 24.7. The van der Waals surface area contributed by atoms with Crippen LogP contribution in [-0.2, 0) is 9.59 Å². The van der Waals surface area contributed by atoms with Crippen molar-refractivity contribution in [3.05, 3.63) is 24.3 Å². The number of hydrogen-bond donors (Lipinski definition) is 1. The van der Waals surface area contributed by atoms with Crippen LogP contribution >= 0.6 is 0 Å². The first kappa shape index (κ1) is 18.9. The van der Waals surface area contributed by atoms with Crippen LogP contribution < -0.4 is 10.1 Å². The molecule has 3 rings (SSSR count). The number of hydrogen-bond acceptors (Lipinski definition) is 3. The Labute approximate surface area is 156 Å². The lowest BCUT2D eigenvalue weighted by atomic mass is 9.82. The lowest BCUT2D eigenvalue weighted by Gasteiger charge is -2.25. The van der Waals surface area contributed by atoms with E-state index in [9.17, 15) is 9.59 Å². The second kappa shape index (κ2) is 8.70. The Balaban J connectivity index is 1.48. The molecule has 1 aromatic carbocycles. The Hall–Kier alpha value is -1.84. The van der Waals surface area contributed by atoms with Crippen molar-refractivity contribution in [1.82, 2.24) is 0 Å². The highest BCUT2D eigenvalue weighted by Crippen LogP contribution is 2.31. The van der Waals surface area contributed by atoms with E-state index in [-0.39, 0.29) is 23.7 Å². The zero-order valence-electron chi connectivity index (χ0n) is 16.0. The molecule has 0 saturated heterocycles. The van der Waals surface area contributed by atoms with Crippen LogP contribution in [0.5, 0.6) is 5.75 Å². The van der Waals surface area contributed by atoms with Gasteiger partial charge in [0.15, 0.2) is 0 Å². The summed E-state index contributed by atoms with van der Waals surface area (Å²) in [5, 5.41) is 3.00. The number of amides is 1. The van der Waals surface area contributed by atoms with Gasteiger partial charge >= 0.3 is 5.97 Å². The number of esters is 1. The predicted octanol–water partition coefficient (Wildman–Crippen LogP) is 5.18. The van der Waals surface area contributed by atoms with Crippen LogP contribution in [0.25, 0.3) is 0 Å². The van der Waals surface area contributed by atoms with E-state index in [1.54, 1.807) is 12.1 Å². The molecule has 2 fully saturated rings. The third-order valence-electron chi connectivity index (χ3n) is 6.08. The molecule has 1 amide bonds. The maximum Gasteiger partial charge on any atom is 0.314 e. The lowest BCUT2D eigenvalue weighted by Crippen LogP contribution is -2.26. The van der Waals surface area contributed by atoms with Gasteiger partial charge in [0.2, 0.25) is 5.91 Å². The monoisotopic (exact) mass is 357 g/mol. The van der Waals surface area contributed by atoms with Crippen molar-refractivity contribution >= 4 is 17.6 Å². The molecule has 0 aliphatic heterocycles. The van der Waals surface area contributed by atoms with Crippen LogP contribution in [0, 0.1) is 23.7 Å². The molecule has 26 heavy (non-hydrogen) atoms. The van der Waals surface area contributed by atoms with Gasteiger partial charge < -0.3 is 10.1 Å². The minimum atomic E-state index is -0.120. The van der Waals surface area contributed by atoms with Crippen molar-refractivity contribution in [1.29, 1.82) is 0 Å². The fourth-order valence-corrected chi connectivity index (χ4v) is 4.07. The van der Waals surface area contributed by atoms with Gasteiger partial charge in [-0.1, -0.05) is 13.8 Å². The van der Waals surface area contributed by atoms with Crippen LogP contribution in [0.4, 0.5) is 5.69 Å². The molecule has 2 aliphatic carbocycles. The molecule has 0 unspecified atom stereocenters. The van der Waals surface area contributed by atoms with Crippen molar-refractivity contribution < 1.29 is 14.3 Å². The average molecular weight is 357 g/mol. The largest absolute Gasteiger partial charge is 0.426 e. The fourth-order valence-electron chi connectivity index (χ4n) is 4.07. The van der Waals surface area contributed by atoms with E-state index in [1.807, 2.05) is 12.1 Å². The van der Waals surface area contributed by atoms with E-state index in [2.05, 4.69) is 19.2 Å². The molecule has 2 aliphatic rings. The third-order valence-corrected chi connectivity index (χ3v) is 6.08. The summed E-state index contributed by atoms with van der Waals surface area (Å²) in [7, 11) is 0. The topological polar surface area (TPSA) is 55.4 Å². The summed E-state index contributed by atoms with van der Waals surface area (Å²) < 4.78 is 5.53. The molecule has 1 N–H and O–H groups in total. The smallest absolute Gasteiger partial charge is 0.314 e. The summed E-state index contributed by atoms with van der Waals surface area (Å²) in [6.45, 7) is 4.49. The van der Waals surface area contributed by atoms with Gasteiger partial charge in [0.1, 0.15) is 5.75 Å². The van der Waals surface area contributed by atoms with Gasteiger partial charge in [-0.15, -0.1) is 0 Å². The van der Waals surface area contributed by atoms with Gasteiger partial charge in [-0.25, -0.2) is 0 Å². The summed E-state index contributed by atoms with van der Waals surface area (Å²) in [6.07, 6.45) is 8.27. The highest BCUT2D eigenvalue weighted by atomic mass is 16.5. The predicted molar refractivity (Wildman–Crippen MR) is 103 cm³/mol. The number of carbonyl (C=O) groups excluding carboxylic acids is 2. The van der Waals surface area contributed by atoms with Gasteiger partial charge in [0.25, 0.3) is 0 Å². The summed E-state index contributed by atoms with van der Waals surface area (Å²) in [5.74, 6) is 2.15. The molecule has 1 aromatic rings. The minimum absolute atomic E-state index is 0.0271. The maximum absolute atomic E-state index is 12.4. The number of anilines is 1. The molecule has 4 heteroatoms. The number of carbonyl (C=O) groups is 2. The van der Waals surface area contributed by atoms with Gasteiger partial charge in [0.05, 0.1) is 5.92 Å². The van der Waals surface area contributed by atoms with E-state index in [0.717, 1.165) is 63.0 Å². The SMILES string of the molecule is C[C@H]1CC[C@H](C(=O)Nc2ccc(OC(=O)[C@H]3CC[C@H](C)CC3)cc2)CC1. The van der Waals surface area contributed by atoms with E-state index >= 15 is 0 Å². The van der Waals surface area contributed by atoms with Crippen molar-refractivity contribution in [2.45, 2.75) is 65.2 Å². The molecule has 142 valence electrons. The maximum atomic E-state index is 12.4. The van der Waals surface area contributed by atoms with E-state index in [1.165, 1.54) is 0 Å². The quantitative estimate of drug-likeness (QED) is 0.596. The first-order valence-electron chi connectivity index (χ1n) is 10.1. The molecule has 0 aromatic heterocycles. The van der Waals surface area contributed by atoms with Crippen LogP contribution in [-0.4, -0.2) is 11.9 Å². The van der Waals surface area contributed by atoms with Crippen LogP contribution in [0.15, 0.2) is 24.3 Å². The molecular formula is C22H31NO3. The van der Waals surface area contributed by atoms with Crippen LogP contribution in [0.2, 0.25) is 0 Å². The van der Waals surface area contributed by atoms with E-state index in [0.29, 0.717) is 11.7 Å². The summed E-state index contributed by atoms with van der Waals surface area (Å²) in [5.41, 5.74) is 0.764. The lowest BCUT2D eigenvalue weighted by molar-refractivity contribution is -0.140. The first-order valence-corrected chi connectivity index (χ1v) is 10.1. The Kier molecular flexibility index (Phi) is 6.33. The number of benzene rings is 1. The van der Waals surface area contributed by atoms with Gasteiger partial charge in [-0.05, 0) is 87.5 Å². The number of rotatable bonds is 4. The average Bonchev–Trinajstić information content (AvgIpc) is 2.64. The van der Waals surface area contributed by atoms with Crippen LogP contribution in [0.3, 0.4) is 0 Å². The molecule has 0 radical (unpaired) electrons. The van der Waals surface area contributed by atoms with Gasteiger partial charge in [-0.3, -0.25) is 9.59 Å². The Morgan fingerprint density at radius 1 is 0.808 bits per heavy atom. The summed E-state index contributed by atoms with van der Waals surface area (Å²) in [6, 6.07) is 7.16. The molecular weight excluding hydrogens is 326 g/mol. The van der Waals surface area contributed by atoms with Gasteiger partial charge in [0, 0.05) is 11.6 Å². The standard InChI is InChI=1S/C22H31NO3/c1-15-3-7-17(8-4-15)21(24)23-19-11-13-20(14-12-19)26-22(25)18-9-5-16(2)6-10-18/h11-18H,3-10H2,1-2H3,(H,23,24)/t15-,16-,17-,18-. The molecule has 4 nitrogen and oxygen atoms in total. The minimum Gasteiger partial charge on any atom is -0.426 e. The molecule has 0 bridgehead atoms. The highest BCUT2D eigenvalue weighted by Gasteiger charge is 2.26. The fraction of sp³-hybridized carbons (Fsp3) is 0.636. The third kappa shape index (κ3) is 5.09. The van der Waals surface area contributed by atoms with Crippen molar-refractivity contribution in [3.8, 4) is 5.75 Å². The van der Waals surface area contributed by atoms with Gasteiger partial charge in [-0.2, -0.15) is 0 Å². The Morgan fingerprint density at radius 2 is 1.31 bits per heavy atom. The Morgan fingerprint density at radius 3 is 1.85 bits per heavy atom. The second-order valence-corrected chi connectivity index (χ2v) is 8.35. The highest BCUT2D eigenvalue weighted by molar-refractivity contribution is 5.92. The number of ether oxygens (including phenoxy) is 1. The Bertz CT molecular complexity index is 554. The first-order chi connectivity index (χ1) is 12.5. The summed E-state index contributed by atoms with van der Waals surface area (Å²) >= 11 is 0. The van der Waals surface area contributed by atoms with Crippen molar-refractivity contribution in [3.63, 3.8) is 0 Å². The second-order valence-electron chi connectivity index (χ2n) is 8.35. The zero-order valence-corrected chi connectivity index (χ0v) is 16.0. The zero-order chi connectivity index (χ0) is 18.5. The molecule has 0 heterocycles. The molecule has 0 atom stereocenters. The van der Waals surface area contributed by atoms with Crippen LogP contribution in [0.1, 0.15) is 65.2 Å². The van der Waals surface area contributed by atoms with E-state index in [4.69, 9.17) is 4.74 Å².